The average molecular weight is 83.2 g/mol. The fourth-order valence-electron chi connectivity index (χ4n) is 0. The van der Waals surface area contributed by atoms with E-state index in [9.17, 15) is 0 Å². The Kier molecular flexibility index (Phi) is 161. The SMILES string of the molecule is [C-]#N.[K].[NH4+]. The Balaban J connectivity index is -0.00000000500. The molecule has 0 aromatic rings. The minimum Gasteiger partial charge on any atom is -0.512 e. The molecule has 0 amide bonds. The fraction of sp³-hybridized carbons (Fsp3) is 0. The molecule has 0 aromatic carbocycles. The predicted molar refractivity (Wildman–Crippen MR) is 16.7 cm³/mol. The minimum absolute atomic E-state index is 0. The van der Waals surface area contributed by atoms with Crippen LogP contribution in [0.3, 0.4) is 0 Å². The first-order valence-electron chi connectivity index (χ1n) is 0.224. The second-order valence-corrected chi connectivity index (χ2v) is 0. The Morgan fingerprint density at radius 3 is 1.25 bits per heavy atom. The topological polar surface area (TPSA) is 60.3 Å². The van der Waals surface area contributed by atoms with Gasteiger partial charge in [0.25, 0.3) is 0 Å². The van der Waals surface area contributed by atoms with E-state index in [1.165, 1.54) is 0 Å². The van der Waals surface area contributed by atoms with Crippen LogP contribution in [0.25, 0.3) is 0 Å². The normalized spacial score (nSPS) is 0.500. The monoisotopic (exact) mass is 83.0 g/mol. The summed E-state index contributed by atoms with van der Waals surface area (Å²) in [6.07, 6.45) is 0. The molecule has 0 rings (SSSR count). The molecule has 0 saturated carbocycles. The minimum atomic E-state index is 0. The molecule has 0 spiro atoms. The average Bonchev–Trinajstić information content (AvgIpc) is 1.00. The quantitative estimate of drug-likeness (QED) is 0.327. The van der Waals surface area contributed by atoms with Gasteiger partial charge in [-0.05, 0) is 0 Å². The molecule has 0 unspecified atom stereocenters. The van der Waals surface area contributed by atoms with Crippen molar-refractivity contribution < 1.29 is 0 Å². The van der Waals surface area contributed by atoms with Crippen LogP contribution in [0.2, 0.25) is 0 Å². The van der Waals surface area contributed by atoms with Gasteiger partial charge in [-0.15, -0.1) is 0 Å². The van der Waals surface area contributed by atoms with Crippen molar-refractivity contribution in [2.75, 3.05) is 0 Å². The molecule has 2 nitrogen and oxygen atoms in total. The maximum atomic E-state index is 6.25. The number of rotatable bonds is 0. The zero-order valence-electron chi connectivity index (χ0n) is 2.95. The molecular weight excluding hydrogens is 79.1 g/mol. The Bertz CT molecular complexity index is 10.8. The second-order valence-electron chi connectivity index (χ2n) is 0. The molecule has 4 N–H and O–H groups in total. The van der Waals surface area contributed by atoms with Gasteiger partial charge in [-0.1, -0.05) is 0 Å². The zero-order chi connectivity index (χ0) is 2.00. The molecule has 19 valence electrons. The summed E-state index contributed by atoms with van der Waals surface area (Å²) in [5, 5.41) is 6.25. The molecule has 0 aliphatic carbocycles. The Morgan fingerprint density at radius 1 is 1.25 bits per heavy atom. The first-order valence-corrected chi connectivity index (χ1v) is 0.224. The van der Waals surface area contributed by atoms with Gasteiger partial charge < -0.3 is 18.0 Å². The standard InChI is InChI=1S/CN.K.H3N/c1-2;;/h;;1H3/q-1;;/p+1. The third-order valence-corrected chi connectivity index (χ3v) is 0. The van der Waals surface area contributed by atoms with Crippen LogP contribution in [0.1, 0.15) is 0 Å². The van der Waals surface area contributed by atoms with Crippen LogP contribution in [0.5, 0.6) is 0 Å². The zero-order valence-corrected chi connectivity index (χ0v) is 6.07. The van der Waals surface area contributed by atoms with E-state index in [1.807, 2.05) is 0 Å². The van der Waals surface area contributed by atoms with Gasteiger partial charge in [-0.3, -0.25) is 0 Å². The summed E-state index contributed by atoms with van der Waals surface area (Å²) in [7, 11) is 0. The van der Waals surface area contributed by atoms with E-state index in [1.54, 1.807) is 0 Å². The molecule has 0 bridgehead atoms. The molecule has 0 aliphatic rings. The van der Waals surface area contributed by atoms with Crippen molar-refractivity contribution in [1.29, 1.82) is 5.26 Å². The van der Waals surface area contributed by atoms with Crippen LogP contribution in [-0.2, 0) is 0 Å². The Hall–Kier alpha value is 1.09. The Morgan fingerprint density at radius 2 is 1.25 bits per heavy atom. The summed E-state index contributed by atoms with van der Waals surface area (Å²) in [5.41, 5.74) is 0. The van der Waals surface area contributed by atoms with Crippen molar-refractivity contribution in [3.05, 3.63) is 6.57 Å². The van der Waals surface area contributed by atoms with Gasteiger partial charge in [-0.25, -0.2) is 0 Å². The third-order valence-electron chi connectivity index (χ3n) is 0. The molecule has 0 aliphatic heterocycles. The molecule has 0 heterocycles. The van der Waals surface area contributed by atoms with Gasteiger partial charge >= 0.3 is 0 Å². The fourth-order valence-corrected chi connectivity index (χ4v) is 0. The van der Waals surface area contributed by atoms with Gasteiger partial charge in [0.2, 0.25) is 0 Å². The predicted octanol–water partition coefficient (Wildman–Crippen LogP) is 0.0918. The summed E-state index contributed by atoms with van der Waals surface area (Å²) in [4.78, 5) is 0. The largest absolute Gasteiger partial charge is 0.512 e. The molecule has 0 atom stereocenters. The number of hydrogen-bond acceptors (Lipinski definition) is 1. The third kappa shape index (κ3) is 11.4. The van der Waals surface area contributed by atoms with Crippen LogP contribution < -0.4 is 6.15 Å². The van der Waals surface area contributed by atoms with Gasteiger partial charge in [0, 0.05) is 51.4 Å². The molecule has 3 heteroatoms. The molecule has 0 saturated heterocycles. The van der Waals surface area contributed by atoms with Crippen molar-refractivity contribution in [3.8, 4) is 0 Å². The Labute approximate surface area is 68.2 Å². The van der Waals surface area contributed by atoms with Crippen molar-refractivity contribution in [2.24, 2.45) is 0 Å². The maximum absolute atomic E-state index is 6.25. The van der Waals surface area contributed by atoms with Crippen LogP contribution in [-0.4, -0.2) is 51.4 Å². The van der Waals surface area contributed by atoms with Crippen molar-refractivity contribution in [1.82, 2.24) is 6.15 Å². The van der Waals surface area contributed by atoms with Gasteiger partial charge in [0.15, 0.2) is 0 Å². The molecule has 1 radical (unpaired) electrons. The van der Waals surface area contributed by atoms with E-state index < -0.39 is 0 Å². The van der Waals surface area contributed by atoms with Gasteiger partial charge in [0.1, 0.15) is 0 Å². The van der Waals surface area contributed by atoms with Crippen molar-refractivity contribution in [2.45, 2.75) is 0 Å². The van der Waals surface area contributed by atoms with E-state index in [0.29, 0.717) is 0 Å². The van der Waals surface area contributed by atoms with E-state index >= 15 is 0 Å². The summed E-state index contributed by atoms with van der Waals surface area (Å²) in [6, 6.07) is 0. The van der Waals surface area contributed by atoms with E-state index in [2.05, 4.69) is 0 Å². The summed E-state index contributed by atoms with van der Waals surface area (Å²) >= 11 is 0. The van der Waals surface area contributed by atoms with Crippen molar-refractivity contribution >= 4 is 51.4 Å². The van der Waals surface area contributed by atoms with Gasteiger partial charge in [0.05, 0.1) is 0 Å². The number of nitrogens with zero attached hydrogens (tertiary/aromatic N) is 1. The smallest absolute Gasteiger partial charge is 0 e. The molecule has 0 aromatic heterocycles. The summed E-state index contributed by atoms with van der Waals surface area (Å²) in [6.45, 7) is 4.75. The molecule has 0 fully saturated rings. The summed E-state index contributed by atoms with van der Waals surface area (Å²) in [5.74, 6) is 0. The first-order chi connectivity index (χ1) is 1.00. The number of hydrogen-bond donors (Lipinski definition) is 1. The van der Waals surface area contributed by atoms with E-state index in [4.69, 9.17) is 11.8 Å². The maximum Gasteiger partial charge on any atom is 0 e. The molecular formula is CH4KN2. The van der Waals surface area contributed by atoms with Crippen molar-refractivity contribution in [3.63, 3.8) is 0 Å². The second kappa shape index (κ2) is 33.0. The van der Waals surface area contributed by atoms with E-state index in [0.717, 1.165) is 0 Å². The van der Waals surface area contributed by atoms with Gasteiger partial charge in [-0.2, -0.15) is 0 Å². The van der Waals surface area contributed by atoms with Crippen LogP contribution in [0.4, 0.5) is 0 Å². The number of quaternary nitrogens is 1. The van der Waals surface area contributed by atoms with Crippen LogP contribution >= 0.6 is 0 Å². The first kappa shape index (κ1) is 19.5. The van der Waals surface area contributed by atoms with Crippen LogP contribution in [0.15, 0.2) is 0 Å². The van der Waals surface area contributed by atoms with Crippen LogP contribution in [0, 0.1) is 11.8 Å². The van der Waals surface area contributed by atoms with E-state index in [-0.39, 0.29) is 57.5 Å². The summed E-state index contributed by atoms with van der Waals surface area (Å²) < 4.78 is 0. The molecule has 4 heavy (non-hydrogen) atoms.